The van der Waals surface area contributed by atoms with E-state index in [-0.39, 0.29) is 6.10 Å². The number of carbonyl (C=O) groups excluding carboxylic acids is 1. The average Bonchev–Trinajstić information content (AvgIpc) is 2.69. The molecule has 2 fully saturated rings. The third-order valence-electron chi connectivity index (χ3n) is 4.87. The zero-order valence-corrected chi connectivity index (χ0v) is 11.8. The molecule has 2 bridgehead atoms. The number of aliphatic hydroxyl groups excluding tert-OH is 1. The highest BCUT2D eigenvalue weighted by Gasteiger charge is 2.44. The summed E-state index contributed by atoms with van der Waals surface area (Å²) in [6.07, 6.45) is 3.12. The van der Waals surface area contributed by atoms with Crippen LogP contribution in [0.1, 0.15) is 37.4 Å². The number of fused-ring (bicyclic) bond motifs is 2. The zero-order valence-electron chi connectivity index (χ0n) is 11.8. The molecule has 3 unspecified atom stereocenters. The van der Waals surface area contributed by atoms with E-state index in [4.69, 9.17) is 4.74 Å². The maximum Gasteiger partial charge on any atom is 0.339 e. The van der Waals surface area contributed by atoms with Crippen molar-refractivity contribution in [2.24, 2.45) is 0 Å². The standard InChI is InChI=1S/C16H21NO3/c1-17-12-7-8-13(17)10-14(9-12)20-16(19)15(18)11-5-3-2-4-6-11/h2-6,12-15,18H,7-10H2,1H3/p+1. The van der Waals surface area contributed by atoms with Gasteiger partial charge in [-0.2, -0.15) is 0 Å². The van der Waals surface area contributed by atoms with Crippen molar-refractivity contribution in [2.75, 3.05) is 7.05 Å². The minimum Gasteiger partial charge on any atom is -0.460 e. The fourth-order valence-electron chi connectivity index (χ4n) is 3.63. The molecular formula is C16H22NO3+. The van der Waals surface area contributed by atoms with Crippen LogP contribution in [0, 0.1) is 0 Å². The molecule has 0 aromatic heterocycles. The second-order valence-corrected chi connectivity index (χ2v) is 6.06. The van der Waals surface area contributed by atoms with Gasteiger partial charge in [-0.25, -0.2) is 4.79 Å². The number of rotatable bonds is 3. The van der Waals surface area contributed by atoms with E-state index in [1.165, 1.54) is 12.8 Å². The van der Waals surface area contributed by atoms with Crippen molar-refractivity contribution in [1.29, 1.82) is 0 Å². The van der Waals surface area contributed by atoms with Gasteiger partial charge in [-0.3, -0.25) is 0 Å². The van der Waals surface area contributed by atoms with E-state index in [1.54, 1.807) is 17.0 Å². The van der Waals surface area contributed by atoms with E-state index in [1.807, 2.05) is 18.2 Å². The molecule has 108 valence electrons. The first-order valence-corrected chi connectivity index (χ1v) is 7.42. The Balaban J connectivity index is 1.60. The number of ether oxygens (including phenoxy) is 1. The number of nitrogens with one attached hydrogen (secondary N) is 1. The lowest BCUT2D eigenvalue weighted by Gasteiger charge is -2.33. The predicted molar refractivity (Wildman–Crippen MR) is 74.2 cm³/mol. The molecule has 2 N–H and O–H groups in total. The molecule has 3 rings (SSSR count). The van der Waals surface area contributed by atoms with Gasteiger partial charge in [0.1, 0.15) is 6.10 Å². The van der Waals surface area contributed by atoms with Crippen LogP contribution < -0.4 is 4.90 Å². The molecule has 3 atom stereocenters. The molecule has 4 heteroatoms. The highest BCUT2D eigenvalue weighted by atomic mass is 16.6. The van der Waals surface area contributed by atoms with Gasteiger partial charge in [0, 0.05) is 25.7 Å². The number of esters is 1. The summed E-state index contributed by atoms with van der Waals surface area (Å²) in [7, 11) is 2.24. The topological polar surface area (TPSA) is 51.0 Å². The SMILES string of the molecule is C[NH+]1C2CCC1CC(OC(=O)C(O)c1ccccc1)C2. The van der Waals surface area contributed by atoms with Crippen molar-refractivity contribution in [3.8, 4) is 0 Å². The summed E-state index contributed by atoms with van der Waals surface area (Å²) in [6, 6.07) is 10.2. The predicted octanol–water partition coefficient (Wildman–Crippen LogP) is 0.471. The molecule has 4 nitrogen and oxygen atoms in total. The van der Waals surface area contributed by atoms with Gasteiger partial charge >= 0.3 is 5.97 Å². The Hall–Kier alpha value is -1.39. The van der Waals surface area contributed by atoms with Crippen LogP contribution in [0.3, 0.4) is 0 Å². The van der Waals surface area contributed by atoms with Gasteiger partial charge in [-0.15, -0.1) is 0 Å². The Bertz CT molecular complexity index is 462. The number of aliphatic hydroxyl groups is 1. The normalized spacial score (nSPS) is 33.7. The van der Waals surface area contributed by atoms with Gasteiger partial charge in [0.25, 0.3) is 0 Å². The van der Waals surface area contributed by atoms with Crippen molar-refractivity contribution >= 4 is 5.97 Å². The van der Waals surface area contributed by atoms with Gasteiger partial charge in [0.05, 0.1) is 19.1 Å². The Kier molecular flexibility index (Phi) is 3.76. The molecular weight excluding hydrogens is 254 g/mol. The maximum absolute atomic E-state index is 12.0. The van der Waals surface area contributed by atoms with Gasteiger partial charge in [-0.1, -0.05) is 30.3 Å². The van der Waals surface area contributed by atoms with Crippen molar-refractivity contribution in [3.63, 3.8) is 0 Å². The molecule has 0 amide bonds. The van der Waals surface area contributed by atoms with Crippen molar-refractivity contribution in [2.45, 2.75) is 50.0 Å². The zero-order chi connectivity index (χ0) is 14.1. The monoisotopic (exact) mass is 276 g/mol. The van der Waals surface area contributed by atoms with Gasteiger partial charge in [-0.05, 0) is 5.56 Å². The van der Waals surface area contributed by atoms with Gasteiger partial charge < -0.3 is 14.7 Å². The van der Waals surface area contributed by atoms with Crippen LogP contribution in [0.2, 0.25) is 0 Å². The number of quaternary nitrogens is 1. The highest BCUT2D eigenvalue weighted by molar-refractivity contribution is 5.76. The number of piperidine rings is 1. The number of hydrogen-bond acceptors (Lipinski definition) is 3. The van der Waals surface area contributed by atoms with E-state index in [0.717, 1.165) is 12.8 Å². The first-order valence-electron chi connectivity index (χ1n) is 7.42. The second-order valence-electron chi connectivity index (χ2n) is 6.06. The molecule has 0 spiro atoms. The lowest BCUT2D eigenvalue weighted by Crippen LogP contribution is -3.15. The third kappa shape index (κ3) is 2.58. The molecule has 2 aliphatic heterocycles. The molecule has 1 aromatic rings. The Morgan fingerprint density at radius 3 is 2.45 bits per heavy atom. The lowest BCUT2D eigenvalue weighted by atomic mass is 10.0. The quantitative estimate of drug-likeness (QED) is 0.789. The molecule has 2 heterocycles. The summed E-state index contributed by atoms with van der Waals surface area (Å²) in [5.74, 6) is -0.514. The molecule has 0 saturated carbocycles. The van der Waals surface area contributed by atoms with Crippen molar-refractivity contribution in [1.82, 2.24) is 0 Å². The summed E-state index contributed by atoms with van der Waals surface area (Å²) < 4.78 is 5.53. The van der Waals surface area contributed by atoms with Gasteiger partial charge in [0.2, 0.25) is 0 Å². The van der Waals surface area contributed by atoms with Crippen LogP contribution in [0.25, 0.3) is 0 Å². The van der Waals surface area contributed by atoms with E-state index in [9.17, 15) is 9.90 Å². The van der Waals surface area contributed by atoms with Crippen LogP contribution >= 0.6 is 0 Å². The summed E-state index contributed by atoms with van der Waals surface area (Å²) in [5.41, 5.74) is 0.596. The summed E-state index contributed by atoms with van der Waals surface area (Å²) in [5, 5.41) is 10.0. The van der Waals surface area contributed by atoms with E-state index >= 15 is 0 Å². The van der Waals surface area contributed by atoms with E-state index in [2.05, 4.69) is 7.05 Å². The molecule has 1 aromatic carbocycles. The minimum atomic E-state index is -1.17. The van der Waals surface area contributed by atoms with E-state index in [0.29, 0.717) is 17.6 Å². The molecule has 2 saturated heterocycles. The van der Waals surface area contributed by atoms with Crippen LogP contribution in [0.5, 0.6) is 0 Å². The smallest absolute Gasteiger partial charge is 0.339 e. The molecule has 0 aliphatic carbocycles. The highest BCUT2D eigenvalue weighted by Crippen LogP contribution is 2.26. The van der Waals surface area contributed by atoms with Crippen LogP contribution in [0.4, 0.5) is 0 Å². The largest absolute Gasteiger partial charge is 0.460 e. The molecule has 0 radical (unpaired) electrons. The summed E-state index contributed by atoms with van der Waals surface area (Å²) in [6.45, 7) is 0. The number of hydrogen-bond donors (Lipinski definition) is 2. The van der Waals surface area contributed by atoms with Gasteiger partial charge in [0.15, 0.2) is 6.10 Å². The van der Waals surface area contributed by atoms with Crippen molar-refractivity contribution < 1.29 is 19.5 Å². The fourth-order valence-corrected chi connectivity index (χ4v) is 3.63. The fraction of sp³-hybridized carbons (Fsp3) is 0.562. The molecule has 20 heavy (non-hydrogen) atoms. The number of carbonyl (C=O) groups is 1. The first kappa shape index (κ1) is 13.6. The summed E-state index contributed by atoms with van der Waals surface area (Å²) in [4.78, 5) is 13.6. The van der Waals surface area contributed by atoms with E-state index < -0.39 is 12.1 Å². The Morgan fingerprint density at radius 2 is 1.85 bits per heavy atom. The lowest BCUT2D eigenvalue weighted by molar-refractivity contribution is -0.923. The van der Waals surface area contributed by atoms with Crippen LogP contribution in [-0.2, 0) is 9.53 Å². The van der Waals surface area contributed by atoms with Crippen molar-refractivity contribution in [3.05, 3.63) is 35.9 Å². The Morgan fingerprint density at radius 1 is 1.25 bits per heavy atom. The summed E-state index contributed by atoms with van der Waals surface area (Å²) >= 11 is 0. The first-order chi connectivity index (χ1) is 9.65. The maximum atomic E-state index is 12.0. The average molecular weight is 276 g/mol. The second kappa shape index (κ2) is 5.54. The molecule has 2 aliphatic rings. The third-order valence-corrected chi connectivity index (χ3v) is 4.87. The van der Waals surface area contributed by atoms with Crippen LogP contribution in [0.15, 0.2) is 30.3 Å². The number of benzene rings is 1. The Labute approximate surface area is 119 Å². The minimum absolute atomic E-state index is 0.0259. The van der Waals surface area contributed by atoms with Crippen LogP contribution in [-0.4, -0.2) is 36.3 Å².